The fourth-order valence-electron chi connectivity index (χ4n) is 2.89. The number of nitrogens with one attached hydrogen (secondary N) is 1. The predicted octanol–water partition coefficient (Wildman–Crippen LogP) is 1.88. The van der Waals surface area contributed by atoms with Crippen LogP contribution in [0.2, 0.25) is 0 Å². The van der Waals surface area contributed by atoms with Crippen molar-refractivity contribution in [1.82, 2.24) is 9.97 Å². The van der Waals surface area contributed by atoms with E-state index >= 15 is 0 Å². The van der Waals surface area contributed by atoms with Crippen LogP contribution in [-0.4, -0.2) is 32.1 Å². The number of carbonyl (C=O) groups is 2. The van der Waals surface area contributed by atoms with Crippen molar-refractivity contribution in [3.63, 3.8) is 0 Å². The van der Waals surface area contributed by atoms with Crippen molar-refractivity contribution in [2.75, 3.05) is 5.73 Å². The molecular formula is C17H13N3O5. The number of rotatable bonds is 3. The number of carboxylic acid groups (broad SMARTS) is 2. The molecule has 8 heteroatoms. The molecule has 3 rings (SSSR count). The monoisotopic (exact) mass is 339 g/mol. The molecule has 2 heterocycles. The number of carboxylic acids is 2. The number of H-pyrrole nitrogens is 1. The van der Waals surface area contributed by atoms with Gasteiger partial charge in [-0.05, 0) is 30.2 Å². The Labute approximate surface area is 140 Å². The summed E-state index contributed by atoms with van der Waals surface area (Å²) in [4.78, 5) is 41.9. The highest BCUT2D eigenvalue weighted by molar-refractivity contribution is 6.11. The number of aromatic nitrogens is 2. The number of benzene rings is 1. The first-order chi connectivity index (χ1) is 11.8. The molecule has 0 atom stereocenters. The minimum absolute atomic E-state index is 0.225. The molecule has 2 aromatic heterocycles. The van der Waals surface area contributed by atoms with Gasteiger partial charge in [0, 0.05) is 17.1 Å². The number of aryl methyl sites for hydroxylation is 1. The Balaban J connectivity index is 2.63. The van der Waals surface area contributed by atoms with E-state index in [0.717, 1.165) is 0 Å². The quantitative estimate of drug-likeness (QED) is 0.569. The van der Waals surface area contributed by atoms with Gasteiger partial charge < -0.3 is 20.9 Å². The Hall–Kier alpha value is -3.68. The first-order valence-electron chi connectivity index (χ1n) is 7.20. The predicted molar refractivity (Wildman–Crippen MR) is 90.9 cm³/mol. The summed E-state index contributed by atoms with van der Waals surface area (Å²) in [6, 6.07) is 6.73. The van der Waals surface area contributed by atoms with Crippen LogP contribution in [0, 0.1) is 6.92 Å². The Morgan fingerprint density at radius 1 is 1.08 bits per heavy atom. The first-order valence-corrected chi connectivity index (χ1v) is 7.20. The van der Waals surface area contributed by atoms with Crippen LogP contribution in [-0.2, 0) is 0 Å². The molecule has 0 fully saturated rings. The van der Waals surface area contributed by atoms with Crippen molar-refractivity contribution in [1.29, 1.82) is 0 Å². The van der Waals surface area contributed by atoms with Crippen LogP contribution >= 0.6 is 0 Å². The zero-order chi connectivity index (χ0) is 18.3. The SMILES string of the molecule is Cc1ccc2ncccc2c1-c1c(C(=O)O)c(N)[nH]c(=O)c1C(=O)O. The van der Waals surface area contributed by atoms with Gasteiger partial charge in [-0.3, -0.25) is 9.78 Å². The molecule has 0 saturated heterocycles. The lowest BCUT2D eigenvalue weighted by molar-refractivity contribution is 0.0695. The molecule has 0 spiro atoms. The number of fused-ring (bicyclic) bond motifs is 1. The summed E-state index contributed by atoms with van der Waals surface area (Å²) in [5, 5.41) is 19.6. The van der Waals surface area contributed by atoms with Gasteiger partial charge in [-0.15, -0.1) is 0 Å². The summed E-state index contributed by atoms with van der Waals surface area (Å²) in [5.41, 5.74) is 4.78. The normalized spacial score (nSPS) is 10.8. The van der Waals surface area contributed by atoms with Gasteiger partial charge in [-0.1, -0.05) is 12.1 Å². The first kappa shape index (κ1) is 16.2. The van der Waals surface area contributed by atoms with Crippen molar-refractivity contribution in [3.8, 4) is 11.1 Å². The smallest absolute Gasteiger partial charge is 0.342 e. The summed E-state index contributed by atoms with van der Waals surface area (Å²) in [6.07, 6.45) is 1.56. The summed E-state index contributed by atoms with van der Waals surface area (Å²) < 4.78 is 0. The topological polar surface area (TPSA) is 146 Å². The Morgan fingerprint density at radius 3 is 2.40 bits per heavy atom. The van der Waals surface area contributed by atoms with Crippen molar-refractivity contribution < 1.29 is 19.8 Å². The van der Waals surface area contributed by atoms with Gasteiger partial charge in [-0.25, -0.2) is 9.59 Å². The minimum atomic E-state index is -1.54. The van der Waals surface area contributed by atoms with Gasteiger partial charge in [0.2, 0.25) is 0 Å². The number of nitrogens with two attached hydrogens (primary N) is 1. The molecule has 126 valence electrons. The van der Waals surface area contributed by atoms with Crippen LogP contribution in [0.1, 0.15) is 26.3 Å². The molecular weight excluding hydrogens is 326 g/mol. The van der Waals surface area contributed by atoms with Crippen LogP contribution < -0.4 is 11.3 Å². The lowest BCUT2D eigenvalue weighted by Gasteiger charge is -2.16. The molecule has 0 radical (unpaired) electrons. The lowest BCUT2D eigenvalue weighted by atomic mass is 9.89. The fourth-order valence-corrected chi connectivity index (χ4v) is 2.89. The highest BCUT2D eigenvalue weighted by Crippen LogP contribution is 2.36. The maximum Gasteiger partial charge on any atom is 0.342 e. The molecule has 8 nitrogen and oxygen atoms in total. The molecule has 25 heavy (non-hydrogen) atoms. The Morgan fingerprint density at radius 2 is 1.76 bits per heavy atom. The third-order valence-electron chi connectivity index (χ3n) is 3.92. The van der Waals surface area contributed by atoms with E-state index in [9.17, 15) is 24.6 Å². The van der Waals surface area contributed by atoms with E-state index in [0.29, 0.717) is 22.0 Å². The third-order valence-corrected chi connectivity index (χ3v) is 3.92. The van der Waals surface area contributed by atoms with E-state index in [2.05, 4.69) is 9.97 Å². The van der Waals surface area contributed by atoms with Gasteiger partial charge in [0.25, 0.3) is 5.56 Å². The van der Waals surface area contributed by atoms with E-state index < -0.39 is 34.4 Å². The number of hydrogen-bond acceptors (Lipinski definition) is 5. The van der Waals surface area contributed by atoms with Crippen LogP contribution in [0.5, 0.6) is 0 Å². The molecule has 1 aromatic carbocycles. The minimum Gasteiger partial charge on any atom is -0.478 e. The standard InChI is InChI=1S/C17H13N3O5/c1-7-4-5-9-8(3-2-6-19-9)10(7)11-12(16(22)23)14(18)20-15(21)13(11)17(24)25/h2-6H,1H3,(H,22,23)(H,24,25)(H3,18,20,21). The number of nitrogens with zero attached hydrogens (tertiary/aromatic N) is 1. The number of pyridine rings is 2. The summed E-state index contributed by atoms with van der Waals surface area (Å²) in [7, 11) is 0. The third kappa shape index (κ3) is 2.49. The van der Waals surface area contributed by atoms with Gasteiger partial charge in [0.1, 0.15) is 16.9 Å². The van der Waals surface area contributed by atoms with E-state index in [1.54, 1.807) is 37.4 Å². The summed E-state index contributed by atoms with van der Waals surface area (Å²) in [6.45, 7) is 1.69. The molecule has 0 unspecified atom stereocenters. The van der Waals surface area contributed by atoms with E-state index in [1.807, 2.05) is 0 Å². The second-order valence-electron chi connectivity index (χ2n) is 5.43. The number of aromatic carboxylic acids is 2. The molecule has 0 aliphatic heterocycles. The number of hydrogen-bond donors (Lipinski definition) is 4. The van der Waals surface area contributed by atoms with Crippen molar-refractivity contribution >= 4 is 28.7 Å². The van der Waals surface area contributed by atoms with Crippen molar-refractivity contribution in [2.24, 2.45) is 0 Å². The molecule has 0 aliphatic carbocycles. The molecule has 5 N–H and O–H groups in total. The molecule has 0 aliphatic rings. The van der Waals surface area contributed by atoms with Crippen LogP contribution in [0.15, 0.2) is 35.3 Å². The summed E-state index contributed by atoms with van der Waals surface area (Å²) in [5.74, 6) is -3.39. The van der Waals surface area contributed by atoms with Gasteiger partial charge in [-0.2, -0.15) is 0 Å². The molecule has 0 saturated carbocycles. The van der Waals surface area contributed by atoms with Crippen LogP contribution in [0.3, 0.4) is 0 Å². The molecule has 0 amide bonds. The highest BCUT2D eigenvalue weighted by Gasteiger charge is 2.28. The lowest BCUT2D eigenvalue weighted by Crippen LogP contribution is -2.24. The summed E-state index contributed by atoms with van der Waals surface area (Å²) >= 11 is 0. The fraction of sp³-hybridized carbons (Fsp3) is 0.0588. The maximum absolute atomic E-state index is 12.2. The van der Waals surface area contributed by atoms with Crippen molar-refractivity contribution in [2.45, 2.75) is 6.92 Å². The van der Waals surface area contributed by atoms with Gasteiger partial charge in [0.05, 0.1) is 5.52 Å². The zero-order valence-corrected chi connectivity index (χ0v) is 13.0. The highest BCUT2D eigenvalue weighted by atomic mass is 16.4. The van der Waals surface area contributed by atoms with Crippen LogP contribution in [0.4, 0.5) is 5.82 Å². The Kier molecular flexibility index (Phi) is 3.72. The average molecular weight is 339 g/mol. The second-order valence-corrected chi connectivity index (χ2v) is 5.43. The van der Waals surface area contributed by atoms with E-state index in [4.69, 9.17) is 5.73 Å². The largest absolute Gasteiger partial charge is 0.478 e. The van der Waals surface area contributed by atoms with E-state index in [-0.39, 0.29) is 5.56 Å². The molecule has 3 aromatic rings. The second kappa shape index (κ2) is 5.75. The molecule has 0 bridgehead atoms. The number of aromatic amines is 1. The number of nitrogen functional groups attached to an aromatic ring is 1. The zero-order valence-electron chi connectivity index (χ0n) is 13.0. The average Bonchev–Trinajstić information content (AvgIpc) is 2.53. The Bertz CT molecular complexity index is 1100. The van der Waals surface area contributed by atoms with Crippen LogP contribution in [0.25, 0.3) is 22.0 Å². The maximum atomic E-state index is 12.2. The number of anilines is 1. The van der Waals surface area contributed by atoms with Crippen molar-refractivity contribution in [3.05, 3.63) is 57.5 Å². The van der Waals surface area contributed by atoms with Gasteiger partial charge >= 0.3 is 11.9 Å². The van der Waals surface area contributed by atoms with E-state index in [1.165, 1.54) is 0 Å². The van der Waals surface area contributed by atoms with Gasteiger partial charge in [0.15, 0.2) is 0 Å².